The summed E-state index contributed by atoms with van der Waals surface area (Å²) >= 11 is 0. The number of rotatable bonds is 4. The van der Waals surface area contributed by atoms with E-state index in [-0.39, 0.29) is 17.1 Å². The Morgan fingerprint density at radius 3 is 1.91 bits per heavy atom. The van der Waals surface area contributed by atoms with Crippen molar-refractivity contribution >= 4 is 17.1 Å². The minimum absolute atomic E-state index is 0.0205. The van der Waals surface area contributed by atoms with E-state index >= 15 is 0 Å². The van der Waals surface area contributed by atoms with Gasteiger partial charge < -0.3 is 10.4 Å². The van der Waals surface area contributed by atoms with E-state index in [4.69, 9.17) is 4.98 Å². The summed E-state index contributed by atoms with van der Waals surface area (Å²) in [6.07, 6.45) is 1.16. The zero-order valence-corrected chi connectivity index (χ0v) is 19.2. The normalized spacial score (nSPS) is 17.7. The van der Waals surface area contributed by atoms with Crippen molar-refractivity contribution in [2.75, 3.05) is 5.32 Å². The maximum Gasteiger partial charge on any atom is 0.285 e. The second-order valence-electron chi connectivity index (χ2n) is 8.97. The highest BCUT2D eigenvalue weighted by Crippen LogP contribution is 2.42. The number of nitrogens with zero attached hydrogens (tertiary/aromatic N) is 4. The van der Waals surface area contributed by atoms with Gasteiger partial charge in [-0.3, -0.25) is 9.36 Å². The fourth-order valence-electron chi connectivity index (χ4n) is 5.24. The second-order valence-corrected chi connectivity index (χ2v) is 8.97. The van der Waals surface area contributed by atoms with Crippen LogP contribution in [0.2, 0.25) is 0 Å². The number of fused-ring (bicyclic) bond motifs is 2. The van der Waals surface area contributed by atoms with Gasteiger partial charge in [0, 0.05) is 12.5 Å². The van der Waals surface area contributed by atoms with Crippen LogP contribution in [0, 0.1) is 0 Å². The first-order valence-corrected chi connectivity index (χ1v) is 11.7. The molecule has 35 heavy (non-hydrogen) atoms. The van der Waals surface area contributed by atoms with Crippen LogP contribution < -0.4 is 10.9 Å². The molecule has 1 aliphatic rings. The molecule has 174 valence electrons. The predicted octanol–water partition coefficient (Wildman–Crippen LogP) is 4.13. The van der Waals surface area contributed by atoms with Crippen molar-refractivity contribution < 1.29 is 5.11 Å². The average Bonchev–Trinajstić information content (AvgIpc) is 3.31. The Labute approximate surface area is 202 Å². The summed E-state index contributed by atoms with van der Waals surface area (Å²) in [4.78, 5) is 22.9. The molecule has 7 heteroatoms. The molecule has 1 aliphatic heterocycles. The number of benzene rings is 3. The van der Waals surface area contributed by atoms with E-state index in [1.54, 1.807) is 6.33 Å². The summed E-state index contributed by atoms with van der Waals surface area (Å²) in [5.41, 5.74) is 2.50. The van der Waals surface area contributed by atoms with Crippen LogP contribution in [0.3, 0.4) is 0 Å². The molecule has 0 saturated heterocycles. The molecule has 0 saturated carbocycles. The molecule has 0 amide bonds. The molecule has 0 spiro atoms. The summed E-state index contributed by atoms with van der Waals surface area (Å²) in [7, 11) is 0. The highest BCUT2D eigenvalue weighted by atomic mass is 16.3. The quantitative estimate of drug-likeness (QED) is 0.392. The minimum atomic E-state index is -0.946. The van der Waals surface area contributed by atoms with Gasteiger partial charge in [0.25, 0.3) is 5.56 Å². The molecule has 5 aromatic rings. The van der Waals surface area contributed by atoms with Crippen LogP contribution >= 0.6 is 0 Å². The van der Waals surface area contributed by atoms with Gasteiger partial charge in [-0.2, -0.15) is 4.98 Å². The van der Waals surface area contributed by atoms with Gasteiger partial charge in [-0.05, 0) is 23.6 Å². The van der Waals surface area contributed by atoms with Gasteiger partial charge in [0.15, 0.2) is 11.2 Å². The van der Waals surface area contributed by atoms with E-state index in [1.165, 1.54) is 4.57 Å². The van der Waals surface area contributed by atoms with Crippen molar-refractivity contribution in [3.8, 4) is 0 Å². The Balaban J connectivity index is 1.76. The highest BCUT2D eigenvalue weighted by Gasteiger charge is 2.40. The number of nitrogens with one attached hydrogen (secondary N) is 1. The second kappa shape index (κ2) is 8.21. The largest absolute Gasteiger partial charge is 0.373 e. The summed E-state index contributed by atoms with van der Waals surface area (Å²) in [5, 5.41) is 13.9. The third-order valence-electron chi connectivity index (χ3n) is 6.78. The Bertz CT molecular complexity index is 1450. The van der Waals surface area contributed by atoms with E-state index in [9.17, 15) is 9.90 Å². The first-order chi connectivity index (χ1) is 17.1. The maximum atomic E-state index is 13.5. The van der Waals surface area contributed by atoms with Crippen LogP contribution in [0.4, 0.5) is 5.95 Å². The van der Waals surface area contributed by atoms with Crippen LogP contribution in [0.25, 0.3) is 11.2 Å². The zero-order chi connectivity index (χ0) is 24.0. The Kier molecular flexibility index (Phi) is 5.00. The van der Waals surface area contributed by atoms with Crippen molar-refractivity contribution in [2.45, 2.75) is 31.2 Å². The summed E-state index contributed by atoms with van der Waals surface area (Å²) in [6.45, 7) is 1.96. The number of aliphatic hydroxyl groups is 1. The van der Waals surface area contributed by atoms with Crippen molar-refractivity contribution in [2.24, 2.45) is 0 Å². The highest BCUT2D eigenvalue weighted by molar-refractivity contribution is 5.73. The molecule has 0 bridgehead atoms. The molecular weight excluding hydrogens is 438 g/mol. The number of aliphatic hydroxyl groups excluding tert-OH is 1. The number of aromatic nitrogens is 4. The molecule has 0 aliphatic carbocycles. The van der Waals surface area contributed by atoms with E-state index in [2.05, 4.69) is 46.7 Å². The first-order valence-electron chi connectivity index (χ1n) is 11.7. The monoisotopic (exact) mass is 463 g/mol. The van der Waals surface area contributed by atoms with Crippen molar-refractivity contribution in [3.05, 3.63) is 124 Å². The number of hydrogen-bond acceptors (Lipinski definition) is 5. The van der Waals surface area contributed by atoms with E-state index in [0.29, 0.717) is 18.0 Å². The van der Waals surface area contributed by atoms with Gasteiger partial charge >= 0.3 is 0 Å². The molecule has 0 fully saturated rings. The van der Waals surface area contributed by atoms with Crippen LogP contribution in [-0.4, -0.2) is 30.3 Å². The summed E-state index contributed by atoms with van der Waals surface area (Å²) < 4.78 is 3.28. The predicted molar refractivity (Wildman–Crippen MR) is 135 cm³/mol. The molecule has 7 nitrogen and oxygen atoms in total. The fraction of sp³-hybridized carbons (Fsp3) is 0.179. The molecule has 3 aromatic carbocycles. The average molecular weight is 464 g/mol. The third-order valence-corrected chi connectivity index (χ3v) is 6.78. The van der Waals surface area contributed by atoms with Crippen molar-refractivity contribution in [3.63, 3.8) is 0 Å². The summed E-state index contributed by atoms with van der Waals surface area (Å²) in [5.74, 6) is 0.346. The smallest absolute Gasteiger partial charge is 0.285 e. The topological polar surface area (TPSA) is 85.0 Å². The molecule has 3 heterocycles. The zero-order valence-electron chi connectivity index (χ0n) is 19.2. The lowest BCUT2D eigenvalue weighted by Crippen LogP contribution is -2.40. The number of anilines is 1. The molecular formula is C28H25N5O2. The van der Waals surface area contributed by atoms with Crippen LogP contribution in [-0.2, 0) is 5.54 Å². The van der Waals surface area contributed by atoms with Gasteiger partial charge in [-0.25, -0.2) is 9.55 Å². The molecule has 2 N–H and O–H groups in total. The number of imidazole rings is 1. The van der Waals surface area contributed by atoms with Crippen molar-refractivity contribution in [1.29, 1.82) is 0 Å². The van der Waals surface area contributed by atoms with Gasteiger partial charge in [-0.1, -0.05) is 91.0 Å². The maximum absolute atomic E-state index is 13.5. The van der Waals surface area contributed by atoms with E-state index in [0.717, 1.165) is 16.7 Å². The standard InChI is InChI=1S/C28H25N5O2/c1-19-17-23(34)33-26(35)24-25(31-27(33)30-19)32(18-29-24)28(20-11-5-2-6-12-20,21-13-7-3-8-14-21)22-15-9-4-10-16-22/h2-16,18-19,23,34H,17H2,1H3,(H,30,31)/t19-,23-/m0/s1. The lowest BCUT2D eigenvalue weighted by atomic mass is 9.76. The lowest BCUT2D eigenvalue weighted by Gasteiger charge is -2.37. The first kappa shape index (κ1) is 21.3. The van der Waals surface area contributed by atoms with Gasteiger partial charge in [-0.15, -0.1) is 0 Å². The van der Waals surface area contributed by atoms with Crippen molar-refractivity contribution in [1.82, 2.24) is 19.1 Å². The molecule has 2 atom stereocenters. The number of hydrogen-bond donors (Lipinski definition) is 2. The minimum Gasteiger partial charge on any atom is -0.373 e. The van der Waals surface area contributed by atoms with Crippen LogP contribution in [0.5, 0.6) is 0 Å². The molecule has 0 unspecified atom stereocenters. The fourth-order valence-corrected chi connectivity index (χ4v) is 5.24. The van der Waals surface area contributed by atoms with Crippen LogP contribution in [0.15, 0.2) is 102 Å². The van der Waals surface area contributed by atoms with E-state index < -0.39 is 11.8 Å². The molecule has 0 radical (unpaired) electrons. The van der Waals surface area contributed by atoms with Crippen LogP contribution in [0.1, 0.15) is 36.3 Å². The molecule has 6 rings (SSSR count). The lowest BCUT2D eigenvalue weighted by molar-refractivity contribution is 0.0805. The SMILES string of the molecule is C[C@H]1C[C@H](O)n2c(nc3c(ncn3C(c3ccccc3)(c3ccccc3)c3ccccc3)c2=O)N1. The Hall–Kier alpha value is -4.23. The van der Waals surface area contributed by atoms with Gasteiger partial charge in [0.2, 0.25) is 5.95 Å². The van der Waals surface area contributed by atoms with E-state index in [1.807, 2.05) is 66.1 Å². The van der Waals surface area contributed by atoms with Gasteiger partial charge in [0.05, 0.1) is 6.33 Å². The Morgan fingerprint density at radius 2 is 1.40 bits per heavy atom. The van der Waals surface area contributed by atoms with Gasteiger partial charge in [0.1, 0.15) is 11.8 Å². The molecule has 2 aromatic heterocycles. The third kappa shape index (κ3) is 3.19. The summed E-state index contributed by atoms with van der Waals surface area (Å²) in [6, 6.07) is 30.5. The Morgan fingerprint density at radius 1 is 0.886 bits per heavy atom.